The Kier molecular flexibility index (Phi) is 2.58. The number of fused-ring (bicyclic) bond motifs is 1. The summed E-state index contributed by atoms with van der Waals surface area (Å²) < 4.78 is 6.90. The summed E-state index contributed by atoms with van der Waals surface area (Å²) in [6.45, 7) is 3.05. The molecule has 0 unspecified atom stereocenters. The fourth-order valence-electron chi connectivity index (χ4n) is 2.10. The number of imidazole rings is 1. The van der Waals surface area contributed by atoms with Gasteiger partial charge in [-0.25, -0.2) is 4.98 Å². The Morgan fingerprint density at radius 2 is 2.50 bits per heavy atom. The van der Waals surface area contributed by atoms with Gasteiger partial charge in [-0.05, 0) is 6.42 Å². The third kappa shape index (κ3) is 1.87. The van der Waals surface area contributed by atoms with E-state index in [-0.39, 0.29) is 11.7 Å². The quantitative estimate of drug-likeness (QED) is 0.851. The summed E-state index contributed by atoms with van der Waals surface area (Å²) in [6.07, 6.45) is 3.93. The summed E-state index contributed by atoms with van der Waals surface area (Å²) in [5, 5.41) is 6.33. The van der Waals surface area contributed by atoms with Gasteiger partial charge < -0.3 is 14.4 Å². The first-order chi connectivity index (χ1) is 8.74. The van der Waals surface area contributed by atoms with Crippen molar-refractivity contribution in [3.63, 3.8) is 0 Å². The van der Waals surface area contributed by atoms with Crippen molar-refractivity contribution in [2.45, 2.75) is 32.9 Å². The van der Waals surface area contributed by atoms with Crippen LogP contribution in [0.2, 0.25) is 0 Å². The molecule has 7 nitrogen and oxygen atoms in total. The zero-order valence-electron chi connectivity index (χ0n) is 10.0. The summed E-state index contributed by atoms with van der Waals surface area (Å²) in [7, 11) is 0. The second-order valence-corrected chi connectivity index (χ2v) is 4.24. The van der Waals surface area contributed by atoms with Crippen molar-refractivity contribution >= 4 is 5.91 Å². The molecule has 0 saturated carbocycles. The van der Waals surface area contributed by atoms with Crippen LogP contribution in [0.1, 0.15) is 34.4 Å². The van der Waals surface area contributed by atoms with Crippen LogP contribution in [0.3, 0.4) is 0 Å². The van der Waals surface area contributed by atoms with Gasteiger partial charge in [-0.1, -0.05) is 5.16 Å². The molecule has 0 spiro atoms. The average molecular weight is 247 g/mol. The van der Waals surface area contributed by atoms with E-state index in [2.05, 4.69) is 25.0 Å². The van der Waals surface area contributed by atoms with Crippen LogP contribution in [0.4, 0.5) is 0 Å². The molecule has 0 saturated heterocycles. The molecule has 3 heterocycles. The van der Waals surface area contributed by atoms with Crippen LogP contribution in [0.15, 0.2) is 10.7 Å². The summed E-state index contributed by atoms with van der Waals surface area (Å²) in [5.41, 5.74) is 1.01. The van der Waals surface area contributed by atoms with Crippen molar-refractivity contribution in [3.05, 3.63) is 29.4 Å². The standard InChI is InChI=1S/C11H13N5O2/c1-7-14-10(15-18-7)11(17)13-6-8-5-12-9-3-2-4-16(8)9/h5H,2-4,6H2,1H3,(H,13,17). The highest BCUT2D eigenvalue weighted by Gasteiger charge is 2.17. The predicted molar refractivity (Wildman–Crippen MR) is 60.8 cm³/mol. The van der Waals surface area contributed by atoms with Crippen LogP contribution in [-0.2, 0) is 19.5 Å². The maximum absolute atomic E-state index is 11.7. The lowest BCUT2D eigenvalue weighted by molar-refractivity contribution is 0.0936. The number of aryl methyl sites for hydroxylation is 2. The molecule has 94 valence electrons. The molecule has 0 atom stereocenters. The molecule has 2 aromatic heterocycles. The molecular weight excluding hydrogens is 234 g/mol. The number of aromatic nitrogens is 4. The van der Waals surface area contributed by atoms with Crippen LogP contribution in [0.25, 0.3) is 0 Å². The highest BCUT2D eigenvalue weighted by atomic mass is 16.5. The second-order valence-electron chi connectivity index (χ2n) is 4.24. The lowest BCUT2D eigenvalue weighted by Gasteiger charge is -2.05. The van der Waals surface area contributed by atoms with Crippen LogP contribution in [0.5, 0.6) is 0 Å². The van der Waals surface area contributed by atoms with Crippen molar-refractivity contribution in [2.75, 3.05) is 0 Å². The first kappa shape index (κ1) is 10.9. The van der Waals surface area contributed by atoms with E-state index in [4.69, 9.17) is 4.52 Å². The van der Waals surface area contributed by atoms with E-state index < -0.39 is 0 Å². The minimum Gasteiger partial charge on any atom is -0.344 e. The molecule has 0 aromatic carbocycles. The van der Waals surface area contributed by atoms with E-state index in [0.717, 1.165) is 30.9 Å². The Bertz CT molecular complexity index is 586. The molecule has 0 aliphatic carbocycles. The third-order valence-corrected chi connectivity index (χ3v) is 2.96. The third-order valence-electron chi connectivity index (χ3n) is 2.96. The zero-order valence-corrected chi connectivity index (χ0v) is 10.0. The lowest BCUT2D eigenvalue weighted by Crippen LogP contribution is -2.25. The summed E-state index contributed by atoms with van der Waals surface area (Å²) >= 11 is 0. The van der Waals surface area contributed by atoms with Gasteiger partial charge in [-0.15, -0.1) is 0 Å². The fourth-order valence-corrected chi connectivity index (χ4v) is 2.10. The minimum absolute atomic E-state index is 0.0636. The first-order valence-electron chi connectivity index (χ1n) is 5.86. The number of nitrogens with one attached hydrogen (secondary N) is 1. The molecule has 7 heteroatoms. The molecular formula is C11H13N5O2. The van der Waals surface area contributed by atoms with Crippen molar-refractivity contribution < 1.29 is 9.32 Å². The van der Waals surface area contributed by atoms with Crippen molar-refractivity contribution in [3.8, 4) is 0 Å². The highest BCUT2D eigenvalue weighted by Crippen LogP contribution is 2.15. The molecule has 0 fully saturated rings. The first-order valence-corrected chi connectivity index (χ1v) is 5.86. The van der Waals surface area contributed by atoms with Crippen molar-refractivity contribution in [1.82, 2.24) is 25.0 Å². The van der Waals surface area contributed by atoms with E-state index in [1.165, 1.54) is 0 Å². The number of carbonyl (C=O) groups is 1. The minimum atomic E-state index is -0.333. The largest absolute Gasteiger partial charge is 0.344 e. The smallest absolute Gasteiger partial charge is 0.293 e. The van der Waals surface area contributed by atoms with Gasteiger partial charge in [0.05, 0.1) is 18.4 Å². The molecule has 0 bridgehead atoms. The van der Waals surface area contributed by atoms with E-state index in [1.54, 1.807) is 13.1 Å². The van der Waals surface area contributed by atoms with Gasteiger partial charge in [-0.3, -0.25) is 4.79 Å². The number of hydrogen-bond donors (Lipinski definition) is 1. The Hall–Kier alpha value is -2.18. The number of rotatable bonds is 3. The van der Waals surface area contributed by atoms with Crippen LogP contribution >= 0.6 is 0 Å². The Morgan fingerprint density at radius 3 is 3.28 bits per heavy atom. The summed E-state index contributed by atoms with van der Waals surface area (Å²) in [4.78, 5) is 19.9. The fraction of sp³-hybridized carbons (Fsp3) is 0.455. The monoisotopic (exact) mass is 247 g/mol. The van der Waals surface area contributed by atoms with Gasteiger partial charge in [0.2, 0.25) is 5.89 Å². The predicted octanol–water partition coefficient (Wildman–Crippen LogP) is 0.451. The maximum Gasteiger partial charge on any atom is 0.293 e. The van der Waals surface area contributed by atoms with Crippen LogP contribution in [-0.4, -0.2) is 25.6 Å². The van der Waals surface area contributed by atoms with E-state index >= 15 is 0 Å². The normalized spacial score (nSPS) is 13.6. The molecule has 3 rings (SSSR count). The van der Waals surface area contributed by atoms with Gasteiger partial charge >= 0.3 is 0 Å². The number of carbonyl (C=O) groups excluding carboxylic acids is 1. The van der Waals surface area contributed by atoms with Gasteiger partial charge in [-0.2, -0.15) is 4.98 Å². The molecule has 1 aliphatic heterocycles. The number of amides is 1. The molecule has 1 N–H and O–H groups in total. The van der Waals surface area contributed by atoms with E-state index in [9.17, 15) is 4.79 Å². The van der Waals surface area contributed by atoms with Crippen molar-refractivity contribution in [1.29, 1.82) is 0 Å². The lowest BCUT2D eigenvalue weighted by atomic mass is 10.3. The SMILES string of the molecule is Cc1nc(C(=O)NCc2cnc3n2CCC3)no1. The Morgan fingerprint density at radius 1 is 1.61 bits per heavy atom. The topological polar surface area (TPSA) is 85.8 Å². The van der Waals surface area contributed by atoms with Crippen molar-refractivity contribution in [2.24, 2.45) is 0 Å². The van der Waals surface area contributed by atoms with Crippen LogP contribution < -0.4 is 5.32 Å². The average Bonchev–Trinajstić information content (AvgIpc) is 3.02. The van der Waals surface area contributed by atoms with E-state index in [0.29, 0.717) is 12.4 Å². The molecule has 1 aliphatic rings. The summed E-state index contributed by atoms with van der Waals surface area (Å²) in [6, 6.07) is 0. The van der Waals surface area contributed by atoms with Gasteiger partial charge in [0.15, 0.2) is 0 Å². The molecule has 18 heavy (non-hydrogen) atoms. The second kappa shape index (κ2) is 4.25. The Labute approximate surface area is 103 Å². The number of hydrogen-bond acceptors (Lipinski definition) is 5. The maximum atomic E-state index is 11.7. The highest BCUT2D eigenvalue weighted by molar-refractivity contribution is 5.90. The van der Waals surface area contributed by atoms with E-state index in [1.807, 2.05) is 0 Å². The number of nitrogens with zero attached hydrogens (tertiary/aromatic N) is 4. The zero-order chi connectivity index (χ0) is 12.5. The van der Waals surface area contributed by atoms with Crippen LogP contribution in [0, 0.1) is 6.92 Å². The molecule has 2 aromatic rings. The summed E-state index contributed by atoms with van der Waals surface area (Å²) in [5.74, 6) is 1.20. The van der Waals surface area contributed by atoms with Gasteiger partial charge in [0.1, 0.15) is 5.82 Å². The molecule has 1 amide bonds. The Balaban J connectivity index is 1.66. The molecule has 0 radical (unpaired) electrons. The van der Waals surface area contributed by atoms with Gasteiger partial charge in [0.25, 0.3) is 11.7 Å². The van der Waals surface area contributed by atoms with Gasteiger partial charge in [0, 0.05) is 19.9 Å².